The molecule has 1 aliphatic carbocycles. The van der Waals surface area contributed by atoms with E-state index in [0.717, 1.165) is 29.5 Å². The van der Waals surface area contributed by atoms with Crippen molar-refractivity contribution in [2.24, 2.45) is 5.92 Å². The highest BCUT2D eigenvalue weighted by Gasteiger charge is 2.21. The molecule has 0 saturated carbocycles. The molecule has 3 rings (SSSR count). The Balaban J connectivity index is 1.66. The summed E-state index contributed by atoms with van der Waals surface area (Å²) < 4.78 is 5.29. The minimum atomic E-state index is -0.947. The van der Waals surface area contributed by atoms with E-state index in [2.05, 4.69) is 17.5 Å². The zero-order valence-corrected chi connectivity index (χ0v) is 15.3. The van der Waals surface area contributed by atoms with Crippen molar-refractivity contribution in [1.29, 1.82) is 0 Å². The maximum absolute atomic E-state index is 12.5. The predicted molar refractivity (Wildman–Crippen MR) is 104 cm³/mol. The van der Waals surface area contributed by atoms with E-state index in [1.165, 1.54) is 0 Å². The number of nitrogens with one attached hydrogen (secondary N) is 1. The lowest BCUT2D eigenvalue weighted by atomic mass is 9.95. The first kappa shape index (κ1) is 18.7. The molecule has 140 valence electrons. The second-order valence-corrected chi connectivity index (χ2v) is 6.62. The Hall–Kier alpha value is -3.08. The lowest BCUT2D eigenvalue weighted by Gasteiger charge is -2.16. The third kappa shape index (κ3) is 4.56. The van der Waals surface area contributed by atoms with Gasteiger partial charge in [0.05, 0.1) is 13.0 Å². The first-order chi connectivity index (χ1) is 13.1. The average Bonchev–Trinajstić information content (AvgIpc) is 2.70. The number of amides is 1. The molecule has 27 heavy (non-hydrogen) atoms. The average molecular weight is 365 g/mol. The first-order valence-electron chi connectivity index (χ1n) is 9.01. The van der Waals surface area contributed by atoms with Gasteiger partial charge in [0, 0.05) is 12.1 Å². The van der Waals surface area contributed by atoms with Crippen LogP contribution in [0.1, 0.15) is 33.5 Å². The highest BCUT2D eigenvalue weighted by atomic mass is 16.5. The molecule has 2 aromatic rings. The molecule has 2 N–H and O–H groups in total. The number of fused-ring (bicyclic) bond motifs is 1. The van der Waals surface area contributed by atoms with Gasteiger partial charge in [-0.3, -0.25) is 9.59 Å². The standard InChI is InChI=1S/C22H23NO4/c1-27-20-9-5-4-8-17(20)13-19(22(25)26)14-23-21(24)18-11-10-15-6-2-3-7-16(15)12-18/h2,4-6,8-12,19H,3,7,13-14H2,1H3,(H,23,24)(H,25,26). The van der Waals surface area contributed by atoms with E-state index >= 15 is 0 Å². The summed E-state index contributed by atoms with van der Waals surface area (Å²) in [6.07, 6.45) is 6.36. The molecule has 1 amide bonds. The summed E-state index contributed by atoms with van der Waals surface area (Å²) in [5, 5.41) is 12.3. The number of ether oxygens (including phenoxy) is 1. The molecular formula is C22H23NO4. The third-order valence-corrected chi connectivity index (χ3v) is 4.80. The van der Waals surface area contributed by atoms with Crippen LogP contribution >= 0.6 is 0 Å². The van der Waals surface area contributed by atoms with E-state index in [9.17, 15) is 14.7 Å². The number of methoxy groups -OCH3 is 1. The Morgan fingerprint density at radius 1 is 1.22 bits per heavy atom. The van der Waals surface area contributed by atoms with Crippen LogP contribution in [-0.4, -0.2) is 30.6 Å². The molecular weight excluding hydrogens is 342 g/mol. The summed E-state index contributed by atoms with van der Waals surface area (Å²) in [7, 11) is 1.56. The van der Waals surface area contributed by atoms with E-state index in [1.54, 1.807) is 19.2 Å². The zero-order chi connectivity index (χ0) is 19.2. The first-order valence-corrected chi connectivity index (χ1v) is 9.01. The van der Waals surface area contributed by atoms with Crippen LogP contribution in [0.25, 0.3) is 6.08 Å². The van der Waals surface area contributed by atoms with Crippen molar-refractivity contribution in [3.63, 3.8) is 0 Å². The van der Waals surface area contributed by atoms with Crippen molar-refractivity contribution in [1.82, 2.24) is 5.32 Å². The van der Waals surface area contributed by atoms with Crippen LogP contribution in [-0.2, 0) is 17.6 Å². The van der Waals surface area contributed by atoms with Crippen molar-refractivity contribution in [3.8, 4) is 5.75 Å². The van der Waals surface area contributed by atoms with E-state index in [1.807, 2.05) is 30.3 Å². The number of carbonyl (C=O) groups is 2. The highest BCUT2D eigenvalue weighted by molar-refractivity contribution is 5.95. The molecule has 0 fully saturated rings. The number of allylic oxidation sites excluding steroid dienone is 1. The SMILES string of the molecule is COc1ccccc1CC(CNC(=O)c1ccc2c(c1)CCC=C2)C(=O)O. The van der Waals surface area contributed by atoms with Gasteiger partial charge in [0.15, 0.2) is 0 Å². The molecule has 2 aromatic carbocycles. The van der Waals surface area contributed by atoms with Crippen LogP contribution in [0, 0.1) is 5.92 Å². The number of rotatable bonds is 7. The Labute approximate surface area is 158 Å². The molecule has 0 saturated heterocycles. The van der Waals surface area contributed by atoms with E-state index in [-0.39, 0.29) is 18.9 Å². The molecule has 1 atom stereocenters. The number of benzene rings is 2. The van der Waals surface area contributed by atoms with Crippen molar-refractivity contribution < 1.29 is 19.4 Å². The van der Waals surface area contributed by atoms with Crippen LogP contribution in [0.2, 0.25) is 0 Å². The van der Waals surface area contributed by atoms with E-state index < -0.39 is 11.9 Å². The minimum Gasteiger partial charge on any atom is -0.496 e. The molecule has 1 unspecified atom stereocenters. The molecule has 5 heteroatoms. The second-order valence-electron chi connectivity index (χ2n) is 6.62. The normalized spacial score (nSPS) is 13.5. The second kappa shape index (κ2) is 8.54. The summed E-state index contributed by atoms with van der Waals surface area (Å²) in [6.45, 7) is 0.0587. The smallest absolute Gasteiger partial charge is 0.308 e. The van der Waals surface area contributed by atoms with E-state index in [0.29, 0.717) is 11.3 Å². The number of carboxylic acids is 1. The molecule has 0 spiro atoms. The topological polar surface area (TPSA) is 75.6 Å². The van der Waals surface area contributed by atoms with Crippen LogP contribution < -0.4 is 10.1 Å². The lowest BCUT2D eigenvalue weighted by molar-refractivity contribution is -0.141. The number of hydrogen-bond acceptors (Lipinski definition) is 3. The highest BCUT2D eigenvalue weighted by Crippen LogP contribution is 2.22. The summed E-state index contributed by atoms with van der Waals surface area (Å²) in [5.41, 5.74) is 3.65. The fraction of sp³-hybridized carbons (Fsp3) is 0.273. The summed E-state index contributed by atoms with van der Waals surface area (Å²) in [4.78, 5) is 24.1. The number of carboxylic acid groups (broad SMARTS) is 1. The van der Waals surface area contributed by atoms with Gasteiger partial charge in [0.25, 0.3) is 5.91 Å². The molecule has 0 aromatic heterocycles. The summed E-state index contributed by atoms with van der Waals surface area (Å²) in [6, 6.07) is 12.9. The van der Waals surface area contributed by atoms with Crippen molar-refractivity contribution >= 4 is 18.0 Å². The number of hydrogen-bond donors (Lipinski definition) is 2. The molecule has 0 aliphatic heterocycles. The number of aliphatic carboxylic acids is 1. The maximum Gasteiger partial charge on any atom is 0.308 e. The van der Waals surface area contributed by atoms with Crippen LogP contribution in [0.15, 0.2) is 48.5 Å². The minimum absolute atomic E-state index is 0.0587. The van der Waals surface area contributed by atoms with Gasteiger partial charge in [-0.1, -0.05) is 36.4 Å². The summed E-state index contributed by atoms with van der Waals surface area (Å²) >= 11 is 0. The van der Waals surface area contributed by atoms with Crippen LogP contribution in [0.3, 0.4) is 0 Å². The van der Waals surface area contributed by atoms with Gasteiger partial charge in [0.2, 0.25) is 0 Å². The van der Waals surface area contributed by atoms with Crippen molar-refractivity contribution in [3.05, 3.63) is 70.8 Å². The van der Waals surface area contributed by atoms with Gasteiger partial charge >= 0.3 is 5.97 Å². The van der Waals surface area contributed by atoms with Gasteiger partial charge in [-0.2, -0.15) is 0 Å². The van der Waals surface area contributed by atoms with Crippen molar-refractivity contribution in [2.75, 3.05) is 13.7 Å². The molecule has 0 heterocycles. The largest absolute Gasteiger partial charge is 0.496 e. The van der Waals surface area contributed by atoms with Crippen LogP contribution in [0.5, 0.6) is 5.75 Å². The Morgan fingerprint density at radius 3 is 2.81 bits per heavy atom. The fourth-order valence-electron chi connectivity index (χ4n) is 3.28. The molecule has 0 radical (unpaired) electrons. The lowest BCUT2D eigenvalue weighted by Crippen LogP contribution is -2.34. The van der Waals surface area contributed by atoms with E-state index in [4.69, 9.17) is 4.74 Å². The van der Waals surface area contributed by atoms with Gasteiger partial charge in [0.1, 0.15) is 5.75 Å². The quantitative estimate of drug-likeness (QED) is 0.789. The Bertz CT molecular complexity index is 872. The Morgan fingerprint density at radius 2 is 2.04 bits per heavy atom. The van der Waals surface area contributed by atoms with Crippen molar-refractivity contribution in [2.45, 2.75) is 19.3 Å². The predicted octanol–water partition coefficient (Wildman–Crippen LogP) is 3.33. The summed E-state index contributed by atoms with van der Waals surface area (Å²) in [5.74, 6) is -1.28. The van der Waals surface area contributed by atoms with Gasteiger partial charge in [-0.25, -0.2) is 0 Å². The maximum atomic E-state index is 12.5. The number of aryl methyl sites for hydroxylation is 1. The van der Waals surface area contributed by atoms with Crippen LogP contribution in [0.4, 0.5) is 0 Å². The number of para-hydroxylation sites is 1. The third-order valence-electron chi connectivity index (χ3n) is 4.80. The molecule has 5 nitrogen and oxygen atoms in total. The van der Waals surface area contributed by atoms with Gasteiger partial charge < -0.3 is 15.2 Å². The molecule has 1 aliphatic rings. The van der Waals surface area contributed by atoms with Gasteiger partial charge in [-0.05, 0) is 54.2 Å². The Kier molecular flexibility index (Phi) is 5.91. The number of carbonyl (C=O) groups excluding carboxylic acids is 1. The monoisotopic (exact) mass is 365 g/mol. The fourth-order valence-corrected chi connectivity index (χ4v) is 3.28. The zero-order valence-electron chi connectivity index (χ0n) is 15.3. The van der Waals surface area contributed by atoms with Gasteiger partial charge in [-0.15, -0.1) is 0 Å². The molecule has 0 bridgehead atoms.